The highest BCUT2D eigenvalue weighted by Gasteiger charge is 2.40. The van der Waals surface area contributed by atoms with Gasteiger partial charge < -0.3 is 9.84 Å². The highest BCUT2D eigenvalue weighted by molar-refractivity contribution is 6.03. The standard InChI is InChI=1S/C17H15N5O3/c1-9-14(16(23)24)15(22-17(18-9)19-20-21-22)12-7-8-13(25-2)11-6-4-3-5-10(11)12/h3-8,14-15H,1-2H3,(H,23,24). The molecule has 1 aromatic heterocycles. The predicted molar refractivity (Wildman–Crippen MR) is 90.4 cm³/mol. The molecule has 126 valence electrons. The Balaban J connectivity index is 2.01. The van der Waals surface area contributed by atoms with Crippen molar-refractivity contribution in [2.75, 3.05) is 7.11 Å². The summed E-state index contributed by atoms with van der Waals surface area (Å²) in [6.07, 6.45) is 0. The second-order valence-electron chi connectivity index (χ2n) is 5.84. The normalized spacial score (nSPS) is 19.4. The zero-order valence-corrected chi connectivity index (χ0v) is 13.6. The minimum atomic E-state index is -0.965. The number of aromatic nitrogens is 4. The van der Waals surface area contributed by atoms with Crippen LogP contribution in [-0.2, 0) is 4.79 Å². The summed E-state index contributed by atoms with van der Waals surface area (Å²) in [7, 11) is 1.61. The van der Waals surface area contributed by atoms with Crippen molar-refractivity contribution in [2.24, 2.45) is 10.9 Å². The molecule has 2 unspecified atom stereocenters. The van der Waals surface area contributed by atoms with Crippen molar-refractivity contribution >= 4 is 28.4 Å². The molecule has 8 heteroatoms. The third-order valence-corrected chi connectivity index (χ3v) is 4.50. The van der Waals surface area contributed by atoms with Gasteiger partial charge in [0.05, 0.1) is 7.11 Å². The minimum Gasteiger partial charge on any atom is -0.496 e. The van der Waals surface area contributed by atoms with Gasteiger partial charge in [0.15, 0.2) is 0 Å². The van der Waals surface area contributed by atoms with E-state index in [2.05, 4.69) is 20.5 Å². The van der Waals surface area contributed by atoms with E-state index in [0.717, 1.165) is 22.1 Å². The number of ether oxygens (including phenoxy) is 1. The number of carboxylic acids is 1. The second kappa shape index (κ2) is 5.66. The van der Waals surface area contributed by atoms with Crippen LogP contribution in [0.25, 0.3) is 10.8 Å². The molecule has 25 heavy (non-hydrogen) atoms. The lowest BCUT2D eigenvalue weighted by molar-refractivity contribution is -0.140. The van der Waals surface area contributed by atoms with Crippen LogP contribution in [0, 0.1) is 5.92 Å². The van der Waals surface area contributed by atoms with Crippen molar-refractivity contribution in [1.82, 2.24) is 20.2 Å². The average molecular weight is 337 g/mol. The number of aliphatic carboxylic acids is 1. The Bertz CT molecular complexity index is 1010. The van der Waals surface area contributed by atoms with Gasteiger partial charge in [0.25, 0.3) is 5.95 Å². The van der Waals surface area contributed by atoms with Gasteiger partial charge in [-0.1, -0.05) is 35.4 Å². The third-order valence-electron chi connectivity index (χ3n) is 4.50. The van der Waals surface area contributed by atoms with Crippen LogP contribution in [0.5, 0.6) is 5.75 Å². The maximum atomic E-state index is 12.0. The Hall–Kier alpha value is -3.29. The maximum absolute atomic E-state index is 12.0. The van der Waals surface area contributed by atoms with Crippen LogP contribution in [0.4, 0.5) is 5.95 Å². The molecular weight excluding hydrogens is 322 g/mol. The lowest BCUT2D eigenvalue weighted by Gasteiger charge is -2.28. The molecule has 4 rings (SSSR count). The molecule has 0 saturated heterocycles. The molecular formula is C17H15N5O3. The third kappa shape index (κ3) is 2.25. The molecule has 0 radical (unpaired) electrons. The summed E-state index contributed by atoms with van der Waals surface area (Å²) in [4.78, 5) is 16.2. The lowest BCUT2D eigenvalue weighted by atomic mass is 9.86. The number of nitrogens with zero attached hydrogens (tertiary/aromatic N) is 5. The first-order chi connectivity index (χ1) is 12.1. The fourth-order valence-corrected chi connectivity index (χ4v) is 3.40. The van der Waals surface area contributed by atoms with Gasteiger partial charge in [-0.15, -0.1) is 0 Å². The number of carbonyl (C=O) groups is 1. The van der Waals surface area contributed by atoms with Gasteiger partial charge in [-0.05, 0) is 34.4 Å². The number of hydrogen-bond acceptors (Lipinski definition) is 6. The van der Waals surface area contributed by atoms with E-state index in [-0.39, 0.29) is 0 Å². The molecule has 0 saturated carbocycles. The van der Waals surface area contributed by atoms with Gasteiger partial charge in [-0.25, -0.2) is 9.67 Å². The van der Waals surface area contributed by atoms with E-state index >= 15 is 0 Å². The molecule has 0 aliphatic carbocycles. The van der Waals surface area contributed by atoms with Gasteiger partial charge in [-0.2, -0.15) is 0 Å². The molecule has 0 amide bonds. The molecule has 2 heterocycles. The highest BCUT2D eigenvalue weighted by Crippen LogP contribution is 2.39. The molecule has 1 aliphatic rings. The van der Waals surface area contributed by atoms with E-state index in [1.807, 2.05) is 36.4 Å². The smallest absolute Gasteiger partial charge is 0.314 e. The topological polar surface area (TPSA) is 102 Å². The largest absolute Gasteiger partial charge is 0.496 e. The minimum absolute atomic E-state index is 0.305. The fraction of sp³-hybridized carbons (Fsp3) is 0.235. The van der Waals surface area contributed by atoms with Crippen molar-refractivity contribution < 1.29 is 14.6 Å². The van der Waals surface area contributed by atoms with Crippen molar-refractivity contribution in [3.8, 4) is 5.75 Å². The molecule has 0 bridgehead atoms. The molecule has 3 aromatic rings. The molecule has 1 N–H and O–H groups in total. The maximum Gasteiger partial charge on any atom is 0.314 e. The van der Waals surface area contributed by atoms with E-state index in [0.29, 0.717) is 11.7 Å². The monoisotopic (exact) mass is 337 g/mol. The first-order valence-electron chi connectivity index (χ1n) is 7.73. The molecule has 8 nitrogen and oxygen atoms in total. The van der Waals surface area contributed by atoms with Crippen molar-refractivity contribution in [3.63, 3.8) is 0 Å². The molecule has 1 aliphatic heterocycles. The number of hydrogen-bond donors (Lipinski definition) is 1. The Morgan fingerprint density at radius 3 is 2.68 bits per heavy atom. The summed E-state index contributed by atoms with van der Waals surface area (Å²) in [6, 6.07) is 10.8. The van der Waals surface area contributed by atoms with Gasteiger partial charge in [-0.3, -0.25) is 4.79 Å². The number of fused-ring (bicyclic) bond motifs is 2. The zero-order chi connectivity index (χ0) is 17.6. The molecule has 0 spiro atoms. The van der Waals surface area contributed by atoms with Crippen molar-refractivity contribution in [3.05, 3.63) is 42.0 Å². The van der Waals surface area contributed by atoms with Crippen LogP contribution < -0.4 is 4.74 Å². The quantitative estimate of drug-likeness (QED) is 0.786. The van der Waals surface area contributed by atoms with E-state index in [4.69, 9.17) is 4.74 Å². The van der Waals surface area contributed by atoms with E-state index < -0.39 is 17.9 Å². The van der Waals surface area contributed by atoms with Crippen LogP contribution in [-0.4, -0.2) is 44.1 Å². The van der Waals surface area contributed by atoms with Crippen molar-refractivity contribution in [2.45, 2.75) is 13.0 Å². The number of rotatable bonds is 3. The van der Waals surface area contributed by atoms with Crippen LogP contribution in [0.3, 0.4) is 0 Å². The summed E-state index contributed by atoms with van der Waals surface area (Å²) in [6.45, 7) is 1.69. The van der Waals surface area contributed by atoms with Gasteiger partial charge in [0.2, 0.25) is 0 Å². The van der Waals surface area contributed by atoms with Crippen LogP contribution in [0.15, 0.2) is 41.4 Å². The molecule has 2 atom stereocenters. The second-order valence-corrected chi connectivity index (χ2v) is 5.84. The number of carboxylic acid groups (broad SMARTS) is 1. The average Bonchev–Trinajstić information content (AvgIpc) is 3.07. The highest BCUT2D eigenvalue weighted by atomic mass is 16.5. The van der Waals surface area contributed by atoms with Gasteiger partial charge >= 0.3 is 5.97 Å². The zero-order valence-electron chi connectivity index (χ0n) is 13.6. The summed E-state index contributed by atoms with van der Waals surface area (Å²) in [5, 5.41) is 23.1. The SMILES string of the molecule is COc1ccc(C2C(C(=O)O)C(C)=Nc3nnnn32)c2ccccc12. The van der Waals surface area contributed by atoms with E-state index in [1.165, 1.54) is 4.68 Å². The van der Waals surface area contributed by atoms with Crippen LogP contribution in [0.1, 0.15) is 18.5 Å². The molecule has 2 aromatic carbocycles. The number of benzene rings is 2. The van der Waals surface area contributed by atoms with Gasteiger partial charge in [0.1, 0.15) is 17.7 Å². The number of aliphatic imine (C=N–C) groups is 1. The first kappa shape index (κ1) is 15.3. The Morgan fingerprint density at radius 1 is 1.20 bits per heavy atom. The number of tetrazole rings is 1. The number of methoxy groups -OCH3 is 1. The van der Waals surface area contributed by atoms with Crippen LogP contribution in [0.2, 0.25) is 0 Å². The Labute approximate surface area is 142 Å². The Morgan fingerprint density at radius 2 is 1.96 bits per heavy atom. The summed E-state index contributed by atoms with van der Waals surface area (Å²) in [5.41, 5.74) is 1.28. The first-order valence-corrected chi connectivity index (χ1v) is 7.73. The molecule has 0 fully saturated rings. The fourth-order valence-electron chi connectivity index (χ4n) is 3.40. The summed E-state index contributed by atoms with van der Waals surface area (Å²) < 4.78 is 6.90. The van der Waals surface area contributed by atoms with Gasteiger partial charge in [0, 0.05) is 11.1 Å². The summed E-state index contributed by atoms with van der Waals surface area (Å²) >= 11 is 0. The predicted octanol–water partition coefficient (Wildman–Crippen LogP) is 2.23. The van der Waals surface area contributed by atoms with Crippen molar-refractivity contribution in [1.29, 1.82) is 0 Å². The lowest BCUT2D eigenvalue weighted by Crippen LogP contribution is -2.36. The van der Waals surface area contributed by atoms with E-state index in [9.17, 15) is 9.90 Å². The summed E-state index contributed by atoms with van der Waals surface area (Å²) in [5.74, 6) is -0.788. The Kier molecular flexibility index (Phi) is 3.45. The van der Waals surface area contributed by atoms with E-state index in [1.54, 1.807) is 14.0 Å². The van der Waals surface area contributed by atoms with Crippen LogP contribution >= 0.6 is 0 Å².